The van der Waals surface area contributed by atoms with Gasteiger partial charge in [-0.05, 0) is 0 Å². The Morgan fingerprint density at radius 2 is 2.50 bits per heavy atom. The van der Waals surface area contributed by atoms with Gasteiger partial charge in [-0.1, -0.05) is 5.16 Å². The SMILES string of the molecule is C1=NOCC1.[Zn]. The predicted molar refractivity (Wildman–Crippen MR) is 19.1 cm³/mol. The zero-order chi connectivity index (χ0) is 3.54. The molecule has 2 nitrogen and oxygen atoms in total. The normalized spacial score (nSPS) is 16.0. The molecule has 1 aliphatic rings. The summed E-state index contributed by atoms with van der Waals surface area (Å²) >= 11 is 0. The fourth-order valence-electron chi connectivity index (χ4n) is 0.264. The predicted octanol–water partition coefficient (Wildman–Crippen LogP) is 0.390. The second-order valence-electron chi connectivity index (χ2n) is 0.910. The van der Waals surface area contributed by atoms with Gasteiger partial charge in [0, 0.05) is 32.1 Å². The minimum Gasteiger partial charge on any atom is -0.396 e. The molecule has 0 saturated heterocycles. The molecule has 0 fully saturated rings. The van der Waals surface area contributed by atoms with Gasteiger partial charge >= 0.3 is 0 Å². The van der Waals surface area contributed by atoms with Crippen LogP contribution in [0.2, 0.25) is 0 Å². The largest absolute Gasteiger partial charge is 0.396 e. The van der Waals surface area contributed by atoms with Crippen LogP contribution in [0, 0.1) is 0 Å². The monoisotopic (exact) mass is 135 g/mol. The van der Waals surface area contributed by atoms with Crippen molar-refractivity contribution >= 4 is 6.21 Å². The zero-order valence-corrected chi connectivity index (χ0v) is 6.52. The summed E-state index contributed by atoms with van der Waals surface area (Å²) in [5, 5.41) is 3.46. The van der Waals surface area contributed by atoms with Gasteiger partial charge in [0.2, 0.25) is 0 Å². The Hall–Kier alpha value is 0.0934. The Bertz CT molecular complexity index is 48.8. The molecule has 0 aromatic heterocycles. The van der Waals surface area contributed by atoms with Crippen LogP contribution in [0.3, 0.4) is 0 Å². The van der Waals surface area contributed by atoms with E-state index in [1.165, 1.54) is 0 Å². The molecule has 3 heteroatoms. The maximum atomic E-state index is 4.51. The van der Waals surface area contributed by atoms with Crippen molar-refractivity contribution in [3.8, 4) is 0 Å². The fourth-order valence-corrected chi connectivity index (χ4v) is 0.264. The molecular formula is C3H5NOZn. The molecule has 0 saturated carbocycles. The third kappa shape index (κ3) is 1.51. The Kier molecular flexibility index (Phi) is 3.34. The quantitative estimate of drug-likeness (QED) is 0.442. The van der Waals surface area contributed by atoms with E-state index in [2.05, 4.69) is 9.99 Å². The maximum absolute atomic E-state index is 4.51. The van der Waals surface area contributed by atoms with E-state index in [9.17, 15) is 0 Å². The summed E-state index contributed by atoms with van der Waals surface area (Å²) in [6.45, 7) is 0.778. The Morgan fingerprint density at radius 3 is 2.67 bits per heavy atom. The van der Waals surface area contributed by atoms with Crippen molar-refractivity contribution in [2.24, 2.45) is 5.16 Å². The minimum atomic E-state index is 0. The van der Waals surface area contributed by atoms with Gasteiger partial charge in [0.25, 0.3) is 0 Å². The maximum Gasteiger partial charge on any atom is 0.122 e. The summed E-state index contributed by atoms with van der Waals surface area (Å²) < 4.78 is 0. The second kappa shape index (κ2) is 3.29. The Labute approximate surface area is 49.3 Å². The van der Waals surface area contributed by atoms with E-state index >= 15 is 0 Å². The summed E-state index contributed by atoms with van der Waals surface area (Å²) in [7, 11) is 0. The molecule has 0 N–H and O–H groups in total. The van der Waals surface area contributed by atoms with E-state index in [0.717, 1.165) is 13.0 Å². The molecule has 0 spiro atoms. The molecular weight excluding hydrogens is 131 g/mol. The summed E-state index contributed by atoms with van der Waals surface area (Å²) in [6, 6.07) is 0. The fraction of sp³-hybridized carbons (Fsp3) is 0.667. The van der Waals surface area contributed by atoms with Gasteiger partial charge in [-0.15, -0.1) is 0 Å². The van der Waals surface area contributed by atoms with Gasteiger partial charge < -0.3 is 4.84 Å². The second-order valence-corrected chi connectivity index (χ2v) is 0.910. The molecule has 6 heavy (non-hydrogen) atoms. The van der Waals surface area contributed by atoms with Crippen LogP contribution < -0.4 is 0 Å². The van der Waals surface area contributed by atoms with E-state index in [4.69, 9.17) is 0 Å². The molecule has 0 amide bonds. The standard InChI is InChI=1S/C3H5NO.Zn/c1-2-4-5-3-1;/h2H,1,3H2;. The number of rotatable bonds is 0. The molecule has 1 heterocycles. The molecule has 1 rings (SSSR count). The van der Waals surface area contributed by atoms with Crippen LogP contribution in [0.25, 0.3) is 0 Å². The molecule has 0 bridgehead atoms. The summed E-state index contributed by atoms with van der Waals surface area (Å²) in [6.07, 6.45) is 2.75. The smallest absolute Gasteiger partial charge is 0.122 e. The molecule has 0 aliphatic carbocycles. The van der Waals surface area contributed by atoms with Crippen LogP contribution in [0.5, 0.6) is 0 Å². The average Bonchev–Trinajstić information content (AvgIpc) is 1.76. The van der Waals surface area contributed by atoms with Gasteiger partial charge in [-0.25, -0.2) is 0 Å². The van der Waals surface area contributed by atoms with Crippen molar-refractivity contribution in [2.45, 2.75) is 6.42 Å². The Morgan fingerprint density at radius 1 is 1.67 bits per heavy atom. The van der Waals surface area contributed by atoms with E-state index in [-0.39, 0.29) is 19.5 Å². The van der Waals surface area contributed by atoms with Crippen molar-refractivity contribution < 1.29 is 24.3 Å². The first-order valence-electron chi connectivity index (χ1n) is 1.64. The van der Waals surface area contributed by atoms with Crippen LogP contribution in [0.1, 0.15) is 6.42 Å². The third-order valence-corrected chi connectivity index (χ3v) is 0.487. The van der Waals surface area contributed by atoms with Gasteiger partial charge in [0.15, 0.2) is 0 Å². The molecule has 30 valence electrons. The van der Waals surface area contributed by atoms with Crippen LogP contribution in [0.4, 0.5) is 0 Å². The van der Waals surface area contributed by atoms with Gasteiger partial charge in [-0.2, -0.15) is 0 Å². The van der Waals surface area contributed by atoms with Gasteiger partial charge in [0.1, 0.15) is 6.61 Å². The zero-order valence-electron chi connectivity index (χ0n) is 3.55. The molecule has 0 radical (unpaired) electrons. The summed E-state index contributed by atoms with van der Waals surface area (Å²) in [5.74, 6) is 0. The van der Waals surface area contributed by atoms with Crippen molar-refractivity contribution in [2.75, 3.05) is 6.61 Å². The Balaban J connectivity index is 0.000000250. The molecule has 0 aromatic carbocycles. The first-order chi connectivity index (χ1) is 2.50. The van der Waals surface area contributed by atoms with E-state index in [1.54, 1.807) is 6.21 Å². The van der Waals surface area contributed by atoms with Crippen LogP contribution in [0.15, 0.2) is 5.16 Å². The average molecular weight is 136 g/mol. The van der Waals surface area contributed by atoms with Crippen LogP contribution in [-0.2, 0) is 24.3 Å². The van der Waals surface area contributed by atoms with E-state index in [0.29, 0.717) is 0 Å². The minimum absolute atomic E-state index is 0. The van der Waals surface area contributed by atoms with Gasteiger partial charge in [0.05, 0.1) is 0 Å². The van der Waals surface area contributed by atoms with Crippen LogP contribution >= 0.6 is 0 Å². The molecule has 0 atom stereocenters. The number of oxime groups is 1. The molecule has 0 unspecified atom stereocenters. The first-order valence-corrected chi connectivity index (χ1v) is 1.64. The topological polar surface area (TPSA) is 21.6 Å². The van der Waals surface area contributed by atoms with Crippen molar-refractivity contribution in [1.29, 1.82) is 0 Å². The van der Waals surface area contributed by atoms with Crippen molar-refractivity contribution in [3.63, 3.8) is 0 Å². The number of hydrogen-bond donors (Lipinski definition) is 0. The van der Waals surface area contributed by atoms with Gasteiger partial charge in [-0.3, -0.25) is 0 Å². The molecule has 0 aromatic rings. The summed E-state index contributed by atoms with van der Waals surface area (Å²) in [4.78, 5) is 4.51. The summed E-state index contributed by atoms with van der Waals surface area (Å²) in [5.41, 5.74) is 0. The van der Waals surface area contributed by atoms with E-state index in [1.807, 2.05) is 0 Å². The van der Waals surface area contributed by atoms with Crippen LogP contribution in [-0.4, -0.2) is 12.8 Å². The van der Waals surface area contributed by atoms with Crippen molar-refractivity contribution in [1.82, 2.24) is 0 Å². The molecule has 1 aliphatic heterocycles. The number of nitrogens with zero attached hydrogens (tertiary/aromatic N) is 1. The first kappa shape index (κ1) is 6.09. The number of hydrogen-bond acceptors (Lipinski definition) is 2. The third-order valence-electron chi connectivity index (χ3n) is 0.487. The van der Waals surface area contributed by atoms with E-state index < -0.39 is 0 Å². The van der Waals surface area contributed by atoms with Crippen molar-refractivity contribution in [3.05, 3.63) is 0 Å².